The van der Waals surface area contributed by atoms with Gasteiger partial charge in [0.05, 0.1) is 22.8 Å². The first kappa shape index (κ1) is 31.4. The van der Waals surface area contributed by atoms with E-state index in [1.54, 1.807) is 36.5 Å². The number of hydrogen-bond acceptors (Lipinski definition) is 9. The number of nitrogens with one attached hydrogen (secondary N) is 3. The fourth-order valence-corrected chi connectivity index (χ4v) is 10.5. The van der Waals surface area contributed by atoms with Crippen molar-refractivity contribution in [3.05, 3.63) is 126 Å². The highest BCUT2D eigenvalue weighted by molar-refractivity contribution is 7.91. The van der Waals surface area contributed by atoms with E-state index >= 15 is 0 Å². The molecule has 268 valence electrons. The van der Waals surface area contributed by atoms with Crippen LogP contribution in [0.2, 0.25) is 0 Å². The minimum absolute atomic E-state index is 0.171. The van der Waals surface area contributed by atoms with Crippen LogP contribution in [-0.2, 0) is 26.5 Å². The van der Waals surface area contributed by atoms with Gasteiger partial charge in [-0.1, -0.05) is 74.5 Å². The number of carbonyl (C=O) groups is 1. The molecule has 0 radical (unpaired) electrons. The molecule has 4 aliphatic heterocycles. The number of rotatable bonds is 4. The zero-order valence-corrected chi connectivity index (χ0v) is 30.0. The summed E-state index contributed by atoms with van der Waals surface area (Å²) in [6, 6.07) is 25.8. The second kappa shape index (κ2) is 11.0. The van der Waals surface area contributed by atoms with Gasteiger partial charge in [-0.15, -0.1) is 0 Å². The van der Waals surface area contributed by atoms with Crippen molar-refractivity contribution < 1.29 is 26.8 Å². The maximum Gasteiger partial charge on any atom is 0.249 e. The lowest BCUT2D eigenvalue weighted by molar-refractivity contribution is -0.125. The molecular weight excluding hydrogens is 703 g/mol. The number of amides is 1. The third-order valence-corrected chi connectivity index (χ3v) is 13.3. The molecule has 10 bridgehead atoms. The third kappa shape index (κ3) is 4.22. The smallest absolute Gasteiger partial charge is 0.249 e. The van der Waals surface area contributed by atoms with Gasteiger partial charge in [-0.3, -0.25) is 4.79 Å². The third-order valence-electron chi connectivity index (χ3n) is 11.4. The van der Waals surface area contributed by atoms with Crippen molar-refractivity contribution in [2.45, 2.75) is 42.8 Å². The number of H-pyrrole nitrogens is 1. The summed E-state index contributed by atoms with van der Waals surface area (Å²) in [6.07, 6.45) is 3.17. The first-order valence-corrected chi connectivity index (χ1v) is 19.7. The highest BCUT2D eigenvalue weighted by atomic mass is 32.2. The molecule has 0 saturated heterocycles. The minimum Gasteiger partial charge on any atom is -0.469 e. The van der Waals surface area contributed by atoms with Gasteiger partial charge >= 0.3 is 0 Å². The molecule has 0 fully saturated rings. The number of sulfone groups is 1. The molecule has 1 amide bonds. The number of anilines is 1. The van der Waals surface area contributed by atoms with Crippen molar-refractivity contribution in [2.24, 2.45) is 11.8 Å². The molecule has 3 N–H and O–H groups in total. The van der Waals surface area contributed by atoms with Gasteiger partial charge in [0.25, 0.3) is 0 Å². The molecule has 7 aromatic rings. The molecule has 54 heavy (non-hydrogen) atoms. The van der Waals surface area contributed by atoms with Crippen molar-refractivity contribution in [2.75, 3.05) is 11.1 Å². The lowest BCUT2D eigenvalue weighted by Gasteiger charge is -2.28. The Balaban J connectivity index is 1.20. The normalized spacial score (nSPS) is 21.8. The van der Waals surface area contributed by atoms with E-state index in [2.05, 4.69) is 39.9 Å². The number of para-hydroxylation sites is 1. The SMILES string of the molecule is CC(C)[C@@H]1NC(=O)[C@@H](CS(=O)(=O)c2ccccc2)Cc2ccc3c(c2)C24c5cccc(c5N[C@H]2O3)-c2cccc3[nH]cc(c23)-c2cnc(o2)-c2nc1oc24. The predicted molar refractivity (Wildman–Crippen MR) is 201 cm³/mol. The number of hydrogen-bond donors (Lipinski definition) is 3. The summed E-state index contributed by atoms with van der Waals surface area (Å²) in [5.41, 5.74) is 6.55. The van der Waals surface area contributed by atoms with Crippen LogP contribution < -0.4 is 15.4 Å². The fourth-order valence-electron chi connectivity index (χ4n) is 8.93. The Morgan fingerprint density at radius 2 is 1.74 bits per heavy atom. The molecule has 12 heteroatoms. The number of fused-ring (bicyclic) bond motifs is 7. The van der Waals surface area contributed by atoms with Crippen LogP contribution in [0, 0.1) is 11.8 Å². The van der Waals surface area contributed by atoms with Crippen molar-refractivity contribution in [1.29, 1.82) is 0 Å². The van der Waals surface area contributed by atoms with Gasteiger partial charge < -0.3 is 29.2 Å². The monoisotopic (exact) mass is 735 g/mol. The quantitative estimate of drug-likeness (QED) is 0.168. The molecule has 0 saturated carbocycles. The largest absolute Gasteiger partial charge is 0.469 e. The highest BCUT2D eigenvalue weighted by Gasteiger charge is 2.61. The van der Waals surface area contributed by atoms with Gasteiger partial charge in [-0.2, -0.15) is 0 Å². The Morgan fingerprint density at radius 3 is 2.59 bits per heavy atom. The average molecular weight is 736 g/mol. The lowest BCUT2D eigenvalue weighted by atomic mass is 9.72. The van der Waals surface area contributed by atoms with Crippen LogP contribution in [0.3, 0.4) is 0 Å². The van der Waals surface area contributed by atoms with Gasteiger partial charge in [0, 0.05) is 45.0 Å². The summed E-state index contributed by atoms with van der Waals surface area (Å²) < 4.78 is 48.1. The summed E-state index contributed by atoms with van der Waals surface area (Å²) >= 11 is 0. The van der Waals surface area contributed by atoms with E-state index in [1.807, 2.05) is 50.4 Å². The lowest BCUT2D eigenvalue weighted by Crippen LogP contribution is -2.41. The highest BCUT2D eigenvalue weighted by Crippen LogP contribution is 2.61. The van der Waals surface area contributed by atoms with E-state index in [0.29, 0.717) is 23.0 Å². The van der Waals surface area contributed by atoms with Crippen LogP contribution in [0.25, 0.3) is 44.9 Å². The summed E-state index contributed by atoms with van der Waals surface area (Å²) in [5.74, 6) is 0.318. The predicted octanol–water partition coefficient (Wildman–Crippen LogP) is 7.40. The van der Waals surface area contributed by atoms with Crippen LogP contribution >= 0.6 is 0 Å². The number of oxazole rings is 2. The number of benzene rings is 4. The molecule has 7 heterocycles. The molecule has 1 unspecified atom stereocenters. The summed E-state index contributed by atoms with van der Waals surface area (Å²) in [7, 11) is -3.83. The van der Waals surface area contributed by atoms with E-state index in [-0.39, 0.29) is 34.8 Å². The average Bonchev–Trinajstić information content (AvgIpc) is 4.00. The van der Waals surface area contributed by atoms with Gasteiger partial charge in [-0.25, -0.2) is 18.4 Å². The topological polar surface area (TPSA) is 152 Å². The first-order chi connectivity index (χ1) is 26.2. The number of nitrogens with zero attached hydrogens (tertiary/aromatic N) is 2. The molecule has 4 atom stereocenters. The Labute approximate surface area is 309 Å². The van der Waals surface area contributed by atoms with Crippen molar-refractivity contribution in [1.82, 2.24) is 20.3 Å². The zero-order valence-electron chi connectivity index (χ0n) is 29.2. The van der Waals surface area contributed by atoms with Crippen LogP contribution in [-0.4, -0.2) is 41.3 Å². The van der Waals surface area contributed by atoms with E-state index in [1.165, 1.54) is 0 Å². The molecule has 4 aromatic carbocycles. The zero-order chi connectivity index (χ0) is 36.5. The van der Waals surface area contributed by atoms with E-state index in [4.69, 9.17) is 23.5 Å². The van der Waals surface area contributed by atoms with Gasteiger partial charge in [0.2, 0.25) is 17.7 Å². The van der Waals surface area contributed by atoms with Crippen molar-refractivity contribution >= 4 is 32.3 Å². The molecule has 11 rings (SSSR count). The second-order valence-electron chi connectivity index (χ2n) is 14.9. The van der Waals surface area contributed by atoms with Gasteiger partial charge in [0.15, 0.2) is 33.3 Å². The second-order valence-corrected chi connectivity index (χ2v) is 17.0. The summed E-state index contributed by atoms with van der Waals surface area (Å²) in [5, 5.41) is 7.92. The fraction of sp³-hybridized carbons (Fsp3) is 0.214. The first-order valence-electron chi connectivity index (χ1n) is 18.1. The molecule has 11 nitrogen and oxygen atoms in total. The Kier molecular flexibility index (Phi) is 6.37. The van der Waals surface area contributed by atoms with Gasteiger partial charge in [-0.05, 0) is 47.7 Å². The van der Waals surface area contributed by atoms with Crippen LogP contribution in [0.15, 0.2) is 111 Å². The maximum atomic E-state index is 14.4. The Hall–Kier alpha value is -6.14. The van der Waals surface area contributed by atoms with E-state index in [0.717, 1.165) is 50.0 Å². The summed E-state index contributed by atoms with van der Waals surface area (Å²) in [6.45, 7) is 3.94. The molecule has 1 spiro atoms. The van der Waals surface area contributed by atoms with Crippen LogP contribution in [0.5, 0.6) is 5.75 Å². The minimum atomic E-state index is -3.83. The summed E-state index contributed by atoms with van der Waals surface area (Å²) in [4.78, 5) is 27.9. The Bertz CT molecular complexity index is 2820. The van der Waals surface area contributed by atoms with Gasteiger partial charge in [0.1, 0.15) is 17.2 Å². The van der Waals surface area contributed by atoms with Crippen molar-refractivity contribution in [3.63, 3.8) is 0 Å². The molecule has 4 aliphatic rings. The van der Waals surface area contributed by atoms with Crippen molar-refractivity contribution in [3.8, 4) is 39.8 Å². The maximum absolute atomic E-state index is 14.4. The molecule has 0 aliphatic carbocycles. The standard InChI is InChI=1S/C42H33N5O6S/c1-21(2)34-40-46-36-37(53-40)42-28-12-6-11-26(25-10-7-13-30-33(25)27(18-43-30)32-19-44-39(36)51-32)35(28)47-41(42)52-31-15-14-22(17-29(31)42)16-23(38(48)45-34)20-54(49,50)24-8-4-3-5-9-24/h3-15,17-19,21,23,34,41,43,47H,16,20H2,1-2H3,(H,45,48)/t23-,34+,41+,42?/m1/s1. The molecule has 3 aromatic heterocycles. The van der Waals surface area contributed by atoms with E-state index < -0.39 is 39.3 Å². The number of aromatic amines is 1. The molecular formula is C42H33N5O6S. The van der Waals surface area contributed by atoms with Crippen LogP contribution in [0.1, 0.15) is 48.2 Å². The number of aromatic nitrogens is 3. The van der Waals surface area contributed by atoms with E-state index in [9.17, 15) is 13.2 Å². The number of carbonyl (C=O) groups excluding carboxylic acids is 1. The number of ether oxygens (including phenoxy) is 1. The van der Waals surface area contributed by atoms with Crippen LogP contribution in [0.4, 0.5) is 5.69 Å². The Morgan fingerprint density at radius 1 is 0.907 bits per heavy atom.